The topological polar surface area (TPSA) is 37.6 Å². The summed E-state index contributed by atoms with van der Waals surface area (Å²) < 4.78 is 2.05. The van der Waals surface area contributed by atoms with Crippen LogP contribution in [0.4, 0.5) is 11.4 Å². The summed E-state index contributed by atoms with van der Waals surface area (Å²) in [6.45, 7) is 21.8. The minimum Gasteiger partial charge on any atom is -0.250 e. The predicted molar refractivity (Wildman–Crippen MR) is 173 cm³/mol. The summed E-state index contributed by atoms with van der Waals surface area (Å²) in [4.78, 5) is 15.1. The van der Waals surface area contributed by atoms with E-state index in [2.05, 4.69) is 112 Å². The lowest BCUT2D eigenvalue weighted by Gasteiger charge is -2.17. The van der Waals surface area contributed by atoms with Gasteiger partial charge in [-0.3, -0.25) is 9.98 Å². The van der Waals surface area contributed by atoms with E-state index < -0.39 is 0 Å². The lowest BCUT2D eigenvalue weighted by molar-refractivity contribution is 0.832. The number of rotatable bonds is 8. The van der Waals surface area contributed by atoms with Gasteiger partial charge < -0.3 is 0 Å². The Labute approximate surface area is 246 Å². The molecule has 3 nitrogen and oxygen atoms in total. The van der Waals surface area contributed by atoms with Gasteiger partial charge in [-0.05, 0) is 116 Å². The van der Waals surface area contributed by atoms with Crippen LogP contribution in [0.25, 0.3) is 0 Å². The van der Waals surface area contributed by atoms with Crippen molar-refractivity contribution in [1.29, 1.82) is 0 Å². The third-order valence-corrected chi connectivity index (χ3v) is 8.07. The molecule has 0 amide bonds. The van der Waals surface area contributed by atoms with E-state index in [9.17, 15) is 0 Å². The predicted octanol–water partition coefficient (Wildman–Crippen LogP) is 11.4. The third-order valence-electron chi connectivity index (χ3n) is 6.86. The molecule has 38 heavy (non-hydrogen) atoms. The SMILES string of the molecule is CC(=Nc1c(Br)cc(C(C)C)cc1C(C)C)c1cccc(C(C)=Nc2c(Br)cc(C(C)C)cc2C(C)C)n1. The third kappa shape index (κ3) is 7.09. The summed E-state index contributed by atoms with van der Waals surface area (Å²) in [7, 11) is 0. The van der Waals surface area contributed by atoms with Crippen LogP contribution in [-0.2, 0) is 0 Å². The van der Waals surface area contributed by atoms with Crippen molar-refractivity contribution in [2.45, 2.75) is 92.9 Å². The highest BCUT2D eigenvalue weighted by atomic mass is 79.9. The molecule has 0 fully saturated rings. The van der Waals surface area contributed by atoms with E-state index in [-0.39, 0.29) is 0 Å². The van der Waals surface area contributed by atoms with Gasteiger partial charge in [-0.25, -0.2) is 4.98 Å². The Hall–Kier alpha value is -2.11. The number of aromatic nitrogens is 1. The average Bonchev–Trinajstić information content (AvgIpc) is 2.85. The molecule has 0 aliphatic carbocycles. The monoisotopic (exact) mass is 637 g/mol. The zero-order chi connectivity index (χ0) is 28.3. The average molecular weight is 640 g/mol. The van der Waals surface area contributed by atoms with Crippen LogP contribution in [0.15, 0.2) is 61.4 Å². The smallest absolute Gasteiger partial charge is 0.0849 e. The van der Waals surface area contributed by atoms with Crippen LogP contribution in [-0.4, -0.2) is 16.4 Å². The van der Waals surface area contributed by atoms with E-state index in [1.807, 2.05) is 32.0 Å². The fraction of sp³-hybridized carbons (Fsp3) is 0.424. The van der Waals surface area contributed by atoms with Crippen molar-refractivity contribution in [3.63, 3.8) is 0 Å². The Balaban J connectivity index is 2.05. The molecule has 0 atom stereocenters. The van der Waals surface area contributed by atoms with Crippen LogP contribution in [0.1, 0.15) is 127 Å². The molecular weight excluding hydrogens is 598 g/mol. The van der Waals surface area contributed by atoms with Gasteiger partial charge in [-0.15, -0.1) is 0 Å². The Morgan fingerprint density at radius 2 is 0.974 bits per heavy atom. The van der Waals surface area contributed by atoms with Crippen LogP contribution in [0, 0.1) is 0 Å². The van der Waals surface area contributed by atoms with Crippen molar-refractivity contribution in [2.75, 3.05) is 0 Å². The van der Waals surface area contributed by atoms with E-state index in [0.717, 1.165) is 43.1 Å². The van der Waals surface area contributed by atoms with Gasteiger partial charge >= 0.3 is 0 Å². The van der Waals surface area contributed by atoms with Gasteiger partial charge in [0.1, 0.15) is 0 Å². The Bertz CT molecular complexity index is 1260. The van der Waals surface area contributed by atoms with Crippen LogP contribution >= 0.6 is 31.9 Å². The first-order chi connectivity index (χ1) is 17.8. The molecule has 3 aromatic rings. The zero-order valence-electron chi connectivity index (χ0n) is 24.4. The second-order valence-corrected chi connectivity index (χ2v) is 13.0. The first-order valence-electron chi connectivity index (χ1n) is 13.5. The van der Waals surface area contributed by atoms with Crippen LogP contribution in [0.3, 0.4) is 0 Å². The highest BCUT2D eigenvalue weighted by molar-refractivity contribution is 9.11. The molecule has 3 rings (SSSR count). The summed E-state index contributed by atoms with van der Waals surface area (Å²) in [5.41, 5.74) is 10.5. The van der Waals surface area contributed by atoms with Gasteiger partial charge in [-0.1, -0.05) is 73.6 Å². The number of pyridine rings is 1. The van der Waals surface area contributed by atoms with E-state index >= 15 is 0 Å². The molecule has 0 aliphatic rings. The van der Waals surface area contributed by atoms with E-state index in [1.54, 1.807) is 0 Å². The van der Waals surface area contributed by atoms with Gasteiger partial charge in [0.25, 0.3) is 0 Å². The lowest BCUT2D eigenvalue weighted by atomic mass is 9.94. The number of benzene rings is 2. The lowest BCUT2D eigenvalue weighted by Crippen LogP contribution is -2.06. The van der Waals surface area contributed by atoms with Gasteiger partial charge in [0.05, 0.1) is 34.2 Å². The van der Waals surface area contributed by atoms with Crippen molar-refractivity contribution in [1.82, 2.24) is 4.98 Å². The van der Waals surface area contributed by atoms with Gasteiger partial charge in [0, 0.05) is 8.95 Å². The minimum absolute atomic E-state index is 0.362. The summed E-state index contributed by atoms with van der Waals surface area (Å²) in [5.74, 6) is 1.64. The molecule has 0 spiro atoms. The van der Waals surface area contributed by atoms with Crippen molar-refractivity contribution < 1.29 is 0 Å². The number of halogens is 2. The second-order valence-electron chi connectivity index (χ2n) is 11.3. The zero-order valence-corrected chi connectivity index (χ0v) is 27.6. The fourth-order valence-electron chi connectivity index (χ4n) is 4.35. The number of nitrogens with zero attached hydrogens (tertiary/aromatic N) is 3. The molecule has 0 saturated carbocycles. The molecule has 1 aromatic heterocycles. The van der Waals surface area contributed by atoms with E-state index in [1.165, 1.54) is 22.3 Å². The van der Waals surface area contributed by atoms with Crippen molar-refractivity contribution >= 4 is 54.7 Å². The van der Waals surface area contributed by atoms with Crippen LogP contribution in [0.2, 0.25) is 0 Å². The van der Waals surface area contributed by atoms with E-state index in [0.29, 0.717) is 23.7 Å². The summed E-state index contributed by atoms with van der Waals surface area (Å²) in [5, 5.41) is 0. The molecule has 0 radical (unpaired) electrons. The first-order valence-corrected chi connectivity index (χ1v) is 15.1. The summed E-state index contributed by atoms with van der Waals surface area (Å²) >= 11 is 7.60. The molecule has 0 N–H and O–H groups in total. The van der Waals surface area contributed by atoms with E-state index in [4.69, 9.17) is 15.0 Å². The Morgan fingerprint density at radius 3 is 1.29 bits per heavy atom. The summed E-state index contributed by atoms with van der Waals surface area (Å²) in [6, 6.07) is 15.1. The van der Waals surface area contributed by atoms with Crippen LogP contribution < -0.4 is 0 Å². The maximum atomic E-state index is 5.07. The number of aliphatic imine (C=N–C) groups is 2. The standard InChI is InChI=1S/C33H41Br2N3/c1-18(2)24-14-26(20(5)6)32(28(34)16-24)36-22(9)30-12-11-13-31(38-30)23(10)37-33-27(21(7)8)15-25(19(3)4)17-29(33)35/h11-21H,1-10H3. The number of hydrogen-bond donors (Lipinski definition) is 0. The Kier molecular flexibility index (Phi) is 10.3. The Morgan fingerprint density at radius 1 is 0.605 bits per heavy atom. The largest absolute Gasteiger partial charge is 0.250 e. The first kappa shape index (κ1) is 30.4. The molecule has 2 aromatic carbocycles. The molecule has 0 saturated heterocycles. The van der Waals surface area contributed by atoms with Gasteiger partial charge in [-0.2, -0.15) is 0 Å². The highest BCUT2D eigenvalue weighted by Gasteiger charge is 2.16. The molecular formula is C33H41Br2N3. The quantitative estimate of drug-likeness (QED) is 0.226. The maximum absolute atomic E-state index is 5.07. The van der Waals surface area contributed by atoms with Crippen molar-refractivity contribution in [3.8, 4) is 0 Å². The fourth-order valence-corrected chi connectivity index (χ4v) is 5.52. The van der Waals surface area contributed by atoms with Gasteiger partial charge in [0.2, 0.25) is 0 Å². The maximum Gasteiger partial charge on any atom is 0.0849 e. The summed E-state index contributed by atoms with van der Waals surface area (Å²) in [6.07, 6.45) is 0. The molecule has 0 bridgehead atoms. The molecule has 0 aliphatic heterocycles. The molecule has 202 valence electrons. The molecule has 5 heteroatoms. The van der Waals surface area contributed by atoms with Crippen LogP contribution in [0.5, 0.6) is 0 Å². The molecule has 0 unspecified atom stereocenters. The van der Waals surface area contributed by atoms with Crippen molar-refractivity contribution in [2.24, 2.45) is 9.98 Å². The highest BCUT2D eigenvalue weighted by Crippen LogP contribution is 2.39. The van der Waals surface area contributed by atoms with Gasteiger partial charge in [0.15, 0.2) is 0 Å². The number of hydrogen-bond acceptors (Lipinski definition) is 3. The normalized spacial score (nSPS) is 12.9. The second kappa shape index (κ2) is 12.8. The van der Waals surface area contributed by atoms with Crippen molar-refractivity contribution in [3.05, 3.63) is 85.1 Å². The minimum atomic E-state index is 0.362. The molecule has 1 heterocycles.